The second kappa shape index (κ2) is 6.12. The van der Waals surface area contributed by atoms with Gasteiger partial charge in [0.2, 0.25) is 0 Å². The Kier molecular flexibility index (Phi) is 4.50. The van der Waals surface area contributed by atoms with Gasteiger partial charge < -0.3 is 4.74 Å². The van der Waals surface area contributed by atoms with Crippen LogP contribution in [0.2, 0.25) is 5.02 Å². The van der Waals surface area contributed by atoms with E-state index in [4.69, 9.17) is 27.9 Å². The van der Waals surface area contributed by atoms with Gasteiger partial charge in [-0.1, -0.05) is 17.7 Å². The molecule has 0 amide bonds. The van der Waals surface area contributed by atoms with E-state index in [1.807, 2.05) is 36.0 Å². The molecule has 3 nitrogen and oxygen atoms in total. The standard InChI is InChI=1S/C13H14Cl2N2O/c1-17-10(5-7-16-17)6-8-18-13-4-2-3-12(15)11(13)9-14/h2-5,7H,6,8-9H2,1H3. The van der Waals surface area contributed by atoms with Crippen molar-refractivity contribution >= 4 is 23.2 Å². The van der Waals surface area contributed by atoms with Gasteiger partial charge in [-0.3, -0.25) is 4.68 Å². The predicted molar refractivity (Wildman–Crippen MR) is 73.4 cm³/mol. The number of aromatic nitrogens is 2. The van der Waals surface area contributed by atoms with E-state index in [2.05, 4.69) is 5.10 Å². The summed E-state index contributed by atoms with van der Waals surface area (Å²) in [6.45, 7) is 0.573. The quantitative estimate of drug-likeness (QED) is 0.787. The number of rotatable bonds is 5. The molecule has 5 heteroatoms. The summed E-state index contributed by atoms with van der Waals surface area (Å²) in [6.07, 6.45) is 2.57. The molecular weight excluding hydrogens is 271 g/mol. The third kappa shape index (κ3) is 2.98. The highest BCUT2D eigenvalue weighted by molar-refractivity contribution is 6.32. The van der Waals surface area contributed by atoms with Crippen LogP contribution in [0.15, 0.2) is 30.5 Å². The lowest BCUT2D eigenvalue weighted by molar-refractivity contribution is 0.316. The van der Waals surface area contributed by atoms with E-state index in [1.165, 1.54) is 0 Å². The molecule has 0 saturated heterocycles. The van der Waals surface area contributed by atoms with Crippen LogP contribution >= 0.6 is 23.2 Å². The van der Waals surface area contributed by atoms with Crippen LogP contribution in [0.4, 0.5) is 0 Å². The maximum Gasteiger partial charge on any atom is 0.125 e. The molecule has 0 aliphatic rings. The minimum atomic E-state index is 0.348. The Morgan fingerprint density at radius 1 is 1.33 bits per heavy atom. The van der Waals surface area contributed by atoms with E-state index < -0.39 is 0 Å². The monoisotopic (exact) mass is 284 g/mol. The van der Waals surface area contributed by atoms with Gasteiger partial charge in [0.25, 0.3) is 0 Å². The zero-order valence-electron chi connectivity index (χ0n) is 10.1. The van der Waals surface area contributed by atoms with Crippen molar-refractivity contribution in [3.8, 4) is 5.75 Å². The van der Waals surface area contributed by atoms with Crippen molar-refractivity contribution in [3.63, 3.8) is 0 Å². The van der Waals surface area contributed by atoms with Crippen LogP contribution in [-0.4, -0.2) is 16.4 Å². The number of halogens is 2. The van der Waals surface area contributed by atoms with Gasteiger partial charge in [0, 0.05) is 35.9 Å². The lowest BCUT2D eigenvalue weighted by Crippen LogP contribution is -2.07. The maximum absolute atomic E-state index is 6.05. The third-order valence-corrected chi connectivity index (χ3v) is 3.37. The molecule has 0 aliphatic heterocycles. The van der Waals surface area contributed by atoms with Crippen LogP contribution in [0.3, 0.4) is 0 Å². The molecule has 0 spiro atoms. The van der Waals surface area contributed by atoms with Gasteiger partial charge in [-0.25, -0.2) is 0 Å². The molecule has 1 aromatic heterocycles. The fourth-order valence-corrected chi connectivity index (χ4v) is 2.29. The van der Waals surface area contributed by atoms with E-state index >= 15 is 0 Å². The second-order valence-corrected chi connectivity index (χ2v) is 4.57. The number of benzene rings is 1. The Morgan fingerprint density at radius 3 is 2.83 bits per heavy atom. The van der Waals surface area contributed by atoms with Gasteiger partial charge in [-0.15, -0.1) is 11.6 Å². The van der Waals surface area contributed by atoms with Crippen LogP contribution in [0.5, 0.6) is 5.75 Å². The molecule has 0 saturated carbocycles. The fraction of sp³-hybridized carbons (Fsp3) is 0.308. The Hall–Kier alpha value is -1.19. The number of aryl methyl sites for hydroxylation is 1. The molecule has 1 heterocycles. The van der Waals surface area contributed by atoms with E-state index in [1.54, 1.807) is 6.20 Å². The summed E-state index contributed by atoms with van der Waals surface area (Å²) in [6, 6.07) is 7.53. The average molecular weight is 285 g/mol. The predicted octanol–water partition coefficient (Wildman–Crippen LogP) is 3.43. The minimum absolute atomic E-state index is 0.348. The van der Waals surface area contributed by atoms with Crippen LogP contribution in [0.1, 0.15) is 11.3 Å². The SMILES string of the molecule is Cn1nccc1CCOc1cccc(Cl)c1CCl. The van der Waals surface area contributed by atoms with Crippen molar-refractivity contribution in [1.29, 1.82) is 0 Å². The van der Waals surface area contributed by atoms with Gasteiger partial charge >= 0.3 is 0 Å². The lowest BCUT2D eigenvalue weighted by Gasteiger charge is -2.11. The fourth-order valence-electron chi connectivity index (χ4n) is 1.72. The van der Waals surface area contributed by atoms with Crippen molar-refractivity contribution in [2.24, 2.45) is 7.05 Å². The summed E-state index contributed by atoms with van der Waals surface area (Å²) in [4.78, 5) is 0. The molecule has 0 atom stereocenters. The normalized spacial score (nSPS) is 10.6. The molecular formula is C13H14Cl2N2O. The molecule has 0 N–H and O–H groups in total. The summed E-state index contributed by atoms with van der Waals surface area (Å²) in [7, 11) is 1.92. The first-order valence-corrected chi connectivity index (χ1v) is 6.56. The van der Waals surface area contributed by atoms with Gasteiger partial charge in [-0.05, 0) is 18.2 Å². The minimum Gasteiger partial charge on any atom is -0.493 e. The maximum atomic E-state index is 6.05. The molecule has 0 fully saturated rings. The first-order chi connectivity index (χ1) is 8.72. The Morgan fingerprint density at radius 2 is 2.17 bits per heavy atom. The van der Waals surface area contributed by atoms with Gasteiger partial charge in [0.15, 0.2) is 0 Å². The summed E-state index contributed by atoms with van der Waals surface area (Å²) >= 11 is 11.9. The van der Waals surface area contributed by atoms with Crippen LogP contribution in [-0.2, 0) is 19.3 Å². The number of hydrogen-bond acceptors (Lipinski definition) is 2. The van der Waals surface area contributed by atoms with Crippen LogP contribution in [0, 0.1) is 0 Å². The zero-order valence-corrected chi connectivity index (χ0v) is 11.6. The highest BCUT2D eigenvalue weighted by atomic mass is 35.5. The van der Waals surface area contributed by atoms with Crippen LogP contribution in [0.25, 0.3) is 0 Å². The molecule has 96 valence electrons. The molecule has 0 unspecified atom stereocenters. The largest absolute Gasteiger partial charge is 0.493 e. The summed E-state index contributed by atoms with van der Waals surface area (Å²) < 4.78 is 7.56. The first kappa shape index (κ1) is 13.2. The van der Waals surface area contributed by atoms with E-state index in [-0.39, 0.29) is 0 Å². The van der Waals surface area contributed by atoms with Crippen molar-refractivity contribution in [1.82, 2.24) is 9.78 Å². The van der Waals surface area contributed by atoms with Crippen molar-refractivity contribution in [2.75, 3.05) is 6.61 Å². The Labute approximate surface area is 116 Å². The third-order valence-electron chi connectivity index (χ3n) is 2.75. The van der Waals surface area contributed by atoms with Crippen LogP contribution < -0.4 is 4.74 Å². The molecule has 2 aromatic rings. The van der Waals surface area contributed by atoms with E-state index in [9.17, 15) is 0 Å². The molecule has 18 heavy (non-hydrogen) atoms. The van der Waals surface area contributed by atoms with Crippen molar-refractivity contribution in [3.05, 3.63) is 46.7 Å². The lowest BCUT2D eigenvalue weighted by atomic mass is 10.2. The van der Waals surface area contributed by atoms with E-state index in [0.717, 1.165) is 23.4 Å². The summed E-state index contributed by atoms with van der Waals surface area (Å²) in [5.74, 6) is 1.10. The average Bonchev–Trinajstić information content (AvgIpc) is 2.75. The van der Waals surface area contributed by atoms with Gasteiger partial charge in [-0.2, -0.15) is 5.10 Å². The summed E-state index contributed by atoms with van der Waals surface area (Å²) in [5.41, 5.74) is 1.97. The number of nitrogens with zero attached hydrogens (tertiary/aromatic N) is 2. The van der Waals surface area contributed by atoms with Crippen molar-refractivity contribution in [2.45, 2.75) is 12.3 Å². The molecule has 0 aliphatic carbocycles. The van der Waals surface area contributed by atoms with Gasteiger partial charge in [0.1, 0.15) is 5.75 Å². The molecule has 0 bridgehead atoms. The molecule has 1 aromatic carbocycles. The number of ether oxygens (including phenoxy) is 1. The topological polar surface area (TPSA) is 27.1 Å². The number of alkyl halides is 1. The van der Waals surface area contributed by atoms with Crippen molar-refractivity contribution < 1.29 is 4.74 Å². The Bertz CT molecular complexity index is 525. The molecule has 0 radical (unpaired) electrons. The second-order valence-electron chi connectivity index (χ2n) is 3.89. The number of hydrogen-bond donors (Lipinski definition) is 0. The van der Waals surface area contributed by atoms with Gasteiger partial charge in [0.05, 0.1) is 12.5 Å². The summed E-state index contributed by atoms with van der Waals surface area (Å²) in [5, 5.41) is 4.75. The highest BCUT2D eigenvalue weighted by Gasteiger charge is 2.07. The highest BCUT2D eigenvalue weighted by Crippen LogP contribution is 2.27. The van der Waals surface area contributed by atoms with E-state index in [0.29, 0.717) is 17.5 Å². The zero-order chi connectivity index (χ0) is 13.0. The molecule has 2 rings (SSSR count). The Balaban J connectivity index is 1.98. The smallest absolute Gasteiger partial charge is 0.125 e. The first-order valence-electron chi connectivity index (χ1n) is 5.65.